The molecule has 1 aliphatic rings. The van der Waals surface area contributed by atoms with Crippen LogP contribution in [0.1, 0.15) is 29.4 Å². The Morgan fingerprint density at radius 3 is 2.50 bits per heavy atom. The third kappa shape index (κ3) is 5.17. The summed E-state index contributed by atoms with van der Waals surface area (Å²) < 4.78 is 16.9. The molecule has 2 aromatic carbocycles. The average Bonchev–Trinajstić information content (AvgIpc) is 3.33. The fourth-order valence-electron chi connectivity index (χ4n) is 3.41. The number of rotatable bonds is 8. The fraction of sp³-hybridized carbons (Fsp3) is 0.192. The topological polar surface area (TPSA) is 98.1 Å². The summed E-state index contributed by atoms with van der Waals surface area (Å²) in [5, 5.41) is 2.20. The number of furan rings is 1. The van der Waals surface area contributed by atoms with Crippen molar-refractivity contribution in [1.82, 2.24) is 10.2 Å². The van der Waals surface area contributed by atoms with Gasteiger partial charge in [0.25, 0.3) is 11.8 Å². The first-order chi connectivity index (χ1) is 16.4. The highest BCUT2D eigenvalue weighted by atomic mass is 16.5. The Balaban J connectivity index is 1.56. The number of imide groups is 2. The van der Waals surface area contributed by atoms with Crippen molar-refractivity contribution in [2.75, 3.05) is 6.61 Å². The minimum atomic E-state index is -0.793. The highest BCUT2D eigenvalue weighted by Crippen LogP contribution is 2.30. The average molecular weight is 460 g/mol. The van der Waals surface area contributed by atoms with Gasteiger partial charge in [0.05, 0.1) is 19.4 Å². The zero-order chi connectivity index (χ0) is 24.1. The quantitative estimate of drug-likeness (QED) is 0.399. The summed E-state index contributed by atoms with van der Waals surface area (Å²) in [6, 6.07) is 15.7. The van der Waals surface area contributed by atoms with Gasteiger partial charge in [0.2, 0.25) is 0 Å². The van der Waals surface area contributed by atoms with Gasteiger partial charge in [0, 0.05) is 0 Å². The maximum absolute atomic E-state index is 12.9. The Hall–Kier alpha value is -4.33. The van der Waals surface area contributed by atoms with Crippen molar-refractivity contribution in [3.8, 4) is 11.5 Å². The van der Waals surface area contributed by atoms with Crippen molar-refractivity contribution >= 4 is 23.9 Å². The minimum absolute atomic E-state index is 0.0850. The van der Waals surface area contributed by atoms with Crippen LogP contribution in [0.3, 0.4) is 0 Å². The Bertz CT molecular complexity index is 1230. The van der Waals surface area contributed by atoms with E-state index in [-0.39, 0.29) is 12.1 Å². The molecule has 4 amide bonds. The Morgan fingerprint density at radius 1 is 1.00 bits per heavy atom. The Kier molecular flexibility index (Phi) is 6.77. The van der Waals surface area contributed by atoms with Gasteiger partial charge in [-0.1, -0.05) is 35.9 Å². The number of hydrogen-bond donors (Lipinski definition) is 1. The Labute approximate surface area is 196 Å². The molecule has 174 valence electrons. The third-order valence-corrected chi connectivity index (χ3v) is 5.17. The fourth-order valence-corrected chi connectivity index (χ4v) is 3.41. The second kappa shape index (κ2) is 10.1. The summed E-state index contributed by atoms with van der Waals surface area (Å²) in [5.74, 6) is -0.0214. The number of amides is 4. The van der Waals surface area contributed by atoms with Crippen molar-refractivity contribution < 1.29 is 28.3 Å². The monoisotopic (exact) mass is 460 g/mol. The van der Waals surface area contributed by atoms with Crippen LogP contribution in [0.4, 0.5) is 4.79 Å². The molecular weight excluding hydrogens is 436 g/mol. The minimum Gasteiger partial charge on any atom is -0.490 e. The van der Waals surface area contributed by atoms with E-state index < -0.39 is 17.8 Å². The number of nitrogens with one attached hydrogen (secondary N) is 1. The third-order valence-electron chi connectivity index (χ3n) is 5.17. The molecule has 8 nitrogen and oxygen atoms in total. The Morgan fingerprint density at radius 2 is 1.79 bits per heavy atom. The lowest BCUT2D eigenvalue weighted by Crippen LogP contribution is -2.53. The molecule has 1 aliphatic heterocycles. The second-order valence-electron chi connectivity index (χ2n) is 7.70. The number of barbiturate groups is 1. The first-order valence-corrected chi connectivity index (χ1v) is 10.8. The van der Waals surface area contributed by atoms with Crippen molar-refractivity contribution in [3.05, 3.63) is 88.9 Å². The zero-order valence-electron chi connectivity index (χ0n) is 18.9. The van der Waals surface area contributed by atoms with E-state index in [0.29, 0.717) is 36.0 Å². The smallest absolute Gasteiger partial charge is 0.331 e. The van der Waals surface area contributed by atoms with E-state index >= 15 is 0 Å². The van der Waals surface area contributed by atoms with Crippen LogP contribution in [0, 0.1) is 6.92 Å². The SMILES string of the molecule is CCOc1cc(/C=C2\C(=O)NC(=O)N(Cc3ccco3)C2=O)ccc1OCc1ccc(C)cc1. The molecule has 0 bridgehead atoms. The van der Waals surface area contributed by atoms with E-state index in [1.807, 2.05) is 38.1 Å². The van der Waals surface area contributed by atoms with Crippen molar-refractivity contribution in [1.29, 1.82) is 0 Å². The molecule has 3 aromatic rings. The summed E-state index contributed by atoms with van der Waals surface area (Å²) in [6.07, 6.45) is 2.87. The highest BCUT2D eigenvalue weighted by Gasteiger charge is 2.36. The molecule has 0 radical (unpaired) electrons. The summed E-state index contributed by atoms with van der Waals surface area (Å²) in [7, 11) is 0. The van der Waals surface area contributed by atoms with Gasteiger partial charge in [0.1, 0.15) is 17.9 Å². The van der Waals surface area contributed by atoms with Gasteiger partial charge < -0.3 is 13.9 Å². The number of benzene rings is 2. The lowest BCUT2D eigenvalue weighted by atomic mass is 10.1. The van der Waals surface area contributed by atoms with Crippen LogP contribution in [0.15, 0.2) is 70.9 Å². The molecule has 1 saturated heterocycles. The summed E-state index contributed by atoms with van der Waals surface area (Å²) in [5.41, 5.74) is 2.57. The molecule has 0 aliphatic carbocycles. The normalized spacial score (nSPS) is 14.9. The van der Waals surface area contributed by atoms with Gasteiger partial charge >= 0.3 is 6.03 Å². The van der Waals surface area contributed by atoms with Gasteiger partial charge in [-0.05, 0) is 55.3 Å². The molecular formula is C26H24N2O6. The number of carbonyl (C=O) groups is 3. The van der Waals surface area contributed by atoms with Gasteiger partial charge in [-0.25, -0.2) is 4.79 Å². The first-order valence-electron chi connectivity index (χ1n) is 10.8. The molecule has 4 rings (SSSR count). The molecule has 2 heterocycles. The van der Waals surface area contributed by atoms with Gasteiger partial charge in [-0.15, -0.1) is 0 Å². The molecule has 0 unspecified atom stereocenters. The van der Waals surface area contributed by atoms with E-state index in [1.54, 1.807) is 30.3 Å². The largest absolute Gasteiger partial charge is 0.490 e. The number of ether oxygens (including phenoxy) is 2. The van der Waals surface area contributed by atoms with E-state index in [9.17, 15) is 14.4 Å². The number of urea groups is 1. The standard InChI is InChI=1S/C26H24N2O6/c1-3-32-23-14-19(10-11-22(23)34-16-18-8-6-17(2)7-9-18)13-21-24(29)27-26(31)28(25(21)30)15-20-5-4-12-33-20/h4-14H,3,15-16H2,1-2H3,(H,27,29,31)/b21-13+. The van der Waals surface area contributed by atoms with Crippen LogP contribution in [0.5, 0.6) is 11.5 Å². The van der Waals surface area contributed by atoms with Crippen molar-refractivity contribution in [2.24, 2.45) is 0 Å². The van der Waals surface area contributed by atoms with E-state index in [4.69, 9.17) is 13.9 Å². The van der Waals surface area contributed by atoms with Crippen LogP contribution in [-0.2, 0) is 22.7 Å². The summed E-state index contributed by atoms with van der Waals surface area (Å²) in [4.78, 5) is 38.4. The van der Waals surface area contributed by atoms with Crippen LogP contribution in [0.25, 0.3) is 6.08 Å². The summed E-state index contributed by atoms with van der Waals surface area (Å²) >= 11 is 0. The predicted octanol–water partition coefficient (Wildman–Crippen LogP) is 4.23. The van der Waals surface area contributed by atoms with Crippen LogP contribution >= 0.6 is 0 Å². The zero-order valence-corrected chi connectivity index (χ0v) is 18.9. The first kappa shape index (κ1) is 22.8. The van der Waals surface area contributed by atoms with Gasteiger partial charge in [-0.2, -0.15) is 0 Å². The lowest BCUT2D eigenvalue weighted by Gasteiger charge is -2.25. The van der Waals surface area contributed by atoms with Crippen LogP contribution in [-0.4, -0.2) is 29.4 Å². The van der Waals surface area contributed by atoms with E-state index in [1.165, 1.54) is 17.9 Å². The van der Waals surface area contributed by atoms with Crippen LogP contribution in [0.2, 0.25) is 0 Å². The molecule has 1 N–H and O–H groups in total. The van der Waals surface area contributed by atoms with Crippen molar-refractivity contribution in [3.63, 3.8) is 0 Å². The van der Waals surface area contributed by atoms with E-state index in [0.717, 1.165) is 10.5 Å². The highest BCUT2D eigenvalue weighted by molar-refractivity contribution is 6.30. The van der Waals surface area contributed by atoms with Gasteiger partial charge in [0.15, 0.2) is 11.5 Å². The van der Waals surface area contributed by atoms with E-state index in [2.05, 4.69) is 5.32 Å². The van der Waals surface area contributed by atoms with Crippen molar-refractivity contribution in [2.45, 2.75) is 27.0 Å². The second-order valence-corrected chi connectivity index (χ2v) is 7.70. The number of nitrogens with zero attached hydrogens (tertiary/aromatic N) is 1. The molecule has 1 fully saturated rings. The molecule has 0 atom stereocenters. The summed E-state index contributed by atoms with van der Waals surface area (Å²) in [6.45, 7) is 4.56. The molecule has 0 saturated carbocycles. The van der Waals surface area contributed by atoms with Crippen LogP contribution < -0.4 is 14.8 Å². The predicted molar refractivity (Wildman–Crippen MR) is 124 cm³/mol. The molecule has 0 spiro atoms. The maximum atomic E-state index is 12.9. The lowest BCUT2D eigenvalue weighted by molar-refractivity contribution is -0.130. The van der Waals surface area contributed by atoms with Gasteiger partial charge in [-0.3, -0.25) is 19.8 Å². The molecule has 8 heteroatoms. The molecule has 1 aromatic heterocycles. The number of hydrogen-bond acceptors (Lipinski definition) is 6. The maximum Gasteiger partial charge on any atom is 0.331 e. The molecule has 34 heavy (non-hydrogen) atoms. The number of aryl methyl sites for hydroxylation is 1. The number of carbonyl (C=O) groups excluding carboxylic acids is 3.